The summed E-state index contributed by atoms with van der Waals surface area (Å²) in [5, 5.41) is 3.65. The average Bonchev–Trinajstić information content (AvgIpc) is 2.91. The van der Waals surface area contributed by atoms with E-state index < -0.39 is 5.54 Å². The van der Waals surface area contributed by atoms with Crippen LogP contribution in [-0.2, 0) is 4.79 Å². The third kappa shape index (κ3) is 2.25. The van der Waals surface area contributed by atoms with Gasteiger partial charge in [0.25, 0.3) is 0 Å². The number of hydrogen-bond donors (Lipinski definition) is 2. The van der Waals surface area contributed by atoms with Gasteiger partial charge >= 0.3 is 0 Å². The zero-order valence-corrected chi connectivity index (χ0v) is 9.40. The number of nitrogens with two attached hydrogens (primary N) is 1. The second-order valence-electron chi connectivity index (χ2n) is 3.73. The van der Waals surface area contributed by atoms with Gasteiger partial charge in [-0.1, -0.05) is 23.2 Å². The normalized spacial score (nSPS) is 17.3. The van der Waals surface area contributed by atoms with Gasteiger partial charge in [0.2, 0.25) is 5.91 Å². The molecule has 15 heavy (non-hydrogen) atoms. The lowest BCUT2D eigenvalue weighted by molar-refractivity contribution is -0.118. The van der Waals surface area contributed by atoms with Crippen LogP contribution in [0.15, 0.2) is 18.2 Å². The summed E-state index contributed by atoms with van der Waals surface area (Å²) >= 11 is 11.7. The van der Waals surface area contributed by atoms with Crippen molar-refractivity contribution in [3.8, 4) is 0 Å². The fraction of sp³-hybridized carbons (Fsp3) is 0.300. The first-order valence-corrected chi connectivity index (χ1v) is 5.32. The van der Waals surface area contributed by atoms with Gasteiger partial charge in [0.15, 0.2) is 0 Å². The highest BCUT2D eigenvalue weighted by atomic mass is 35.5. The summed E-state index contributed by atoms with van der Waals surface area (Å²) in [5.74, 6) is -0.202. The van der Waals surface area contributed by atoms with Crippen LogP contribution in [-0.4, -0.2) is 11.4 Å². The standard InChI is InChI=1S/C10H10Cl2N2O/c11-6-1-2-7(12)8(5-6)14-9(15)10(13)3-4-10/h1-2,5H,3-4,13H2,(H,14,15). The molecule has 0 radical (unpaired) electrons. The van der Waals surface area contributed by atoms with Crippen LogP contribution in [0, 0.1) is 0 Å². The summed E-state index contributed by atoms with van der Waals surface area (Å²) in [6, 6.07) is 4.90. The number of anilines is 1. The molecule has 1 aromatic rings. The van der Waals surface area contributed by atoms with E-state index in [0.29, 0.717) is 15.7 Å². The molecule has 1 aliphatic carbocycles. The molecular formula is C10H10Cl2N2O. The molecule has 3 nitrogen and oxygen atoms in total. The fourth-order valence-electron chi connectivity index (χ4n) is 1.20. The highest BCUT2D eigenvalue weighted by Crippen LogP contribution is 2.34. The largest absolute Gasteiger partial charge is 0.323 e. The monoisotopic (exact) mass is 244 g/mol. The molecule has 3 N–H and O–H groups in total. The average molecular weight is 245 g/mol. The summed E-state index contributed by atoms with van der Waals surface area (Å²) in [6.45, 7) is 0. The second-order valence-corrected chi connectivity index (χ2v) is 4.58. The minimum atomic E-state index is -0.703. The zero-order valence-electron chi connectivity index (χ0n) is 7.89. The first kappa shape index (κ1) is 10.7. The van der Waals surface area contributed by atoms with E-state index in [1.807, 2.05) is 0 Å². The molecule has 0 unspecified atom stereocenters. The molecule has 5 heteroatoms. The first-order valence-electron chi connectivity index (χ1n) is 4.57. The van der Waals surface area contributed by atoms with E-state index in [1.54, 1.807) is 18.2 Å². The van der Waals surface area contributed by atoms with Gasteiger partial charge < -0.3 is 11.1 Å². The molecule has 0 spiro atoms. The van der Waals surface area contributed by atoms with Crippen LogP contribution in [0.5, 0.6) is 0 Å². The SMILES string of the molecule is NC1(C(=O)Nc2cc(Cl)ccc2Cl)CC1. The van der Waals surface area contributed by atoms with E-state index in [1.165, 1.54) is 0 Å². The number of carbonyl (C=O) groups is 1. The van der Waals surface area contributed by atoms with Gasteiger partial charge in [-0.3, -0.25) is 4.79 Å². The van der Waals surface area contributed by atoms with E-state index >= 15 is 0 Å². The summed E-state index contributed by atoms with van der Waals surface area (Å²) in [4.78, 5) is 11.6. The van der Waals surface area contributed by atoms with Gasteiger partial charge in [-0.05, 0) is 31.0 Å². The van der Waals surface area contributed by atoms with Crippen LogP contribution in [0.1, 0.15) is 12.8 Å². The Morgan fingerprint density at radius 2 is 2.07 bits per heavy atom. The minimum Gasteiger partial charge on any atom is -0.323 e. The molecule has 2 rings (SSSR count). The maximum Gasteiger partial charge on any atom is 0.244 e. The second kappa shape index (κ2) is 3.67. The number of rotatable bonds is 2. The number of hydrogen-bond acceptors (Lipinski definition) is 2. The van der Waals surface area contributed by atoms with Crippen LogP contribution in [0.25, 0.3) is 0 Å². The number of amides is 1. The molecule has 0 saturated heterocycles. The van der Waals surface area contributed by atoms with Gasteiger partial charge in [-0.2, -0.15) is 0 Å². The molecule has 0 bridgehead atoms. The van der Waals surface area contributed by atoms with E-state index in [4.69, 9.17) is 28.9 Å². The molecule has 1 fully saturated rings. The van der Waals surface area contributed by atoms with Crippen LogP contribution in [0.3, 0.4) is 0 Å². The van der Waals surface area contributed by atoms with Gasteiger partial charge in [-0.25, -0.2) is 0 Å². The van der Waals surface area contributed by atoms with Crippen LogP contribution < -0.4 is 11.1 Å². The van der Waals surface area contributed by atoms with E-state index in [-0.39, 0.29) is 5.91 Å². The molecular weight excluding hydrogens is 235 g/mol. The molecule has 0 atom stereocenters. The number of nitrogens with one attached hydrogen (secondary N) is 1. The molecule has 0 heterocycles. The maximum absolute atomic E-state index is 11.6. The summed E-state index contributed by atoms with van der Waals surface area (Å²) < 4.78 is 0. The number of halogens is 2. The lowest BCUT2D eigenvalue weighted by atomic mass is 10.2. The summed E-state index contributed by atoms with van der Waals surface area (Å²) in [6.07, 6.45) is 1.44. The first-order chi connectivity index (χ1) is 7.01. The molecule has 1 aromatic carbocycles. The van der Waals surface area contributed by atoms with Crippen LogP contribution in [0.4, 0.5) is 5.69 Å². The van der Waals surface area contributed by atoms with Crippen molar-refractivity contribution < 1.29 is 4.79 Å². The van der Waals surface area contributed by atoms with Crippen molar-refractivity contribution in [3.05, 3.63) is 28.2 Å². The fourth-order valence-corrected chi connectivity index (χ4v) is 1.54. The van der Waals surface area contributed by atoms with E-state index in [9.17, 15) is 4.79 Å². The zero-order chi connectivity index (χ0) is 11.1. The van der Waals surface area contributed by atoms with Crippen molar-refractivity contribution in [1.82, 2.24) is 0 Å². The van der Waals surface area contributed by atoms with Crippen LogP contribution >= 0.6 is 23.2 Å². The van der Waals surface area contributed by atoms with E-state index in [0.717, 1.165) is 12.8 Å². The van der Waals surface area contributed by atoms with Gasteiger partial charge in [0, 0.05) is 5.02 Å². The van der Waals surface area contributed by atoms with Crippen LogP contribution in [0.2, 0.25) is 10.0 Å². The van der Waals surface area contributed by atoms with Crippen molar-refractivity contribution in [2.45, 2.75) is 18.4 Å². The third-order valence-corrected chi connectivity index (χ3v) is 2.98. The van der Waals surface area contributed by atoms with Gasteiger partial charge in [-0.15, -0.1) is 0 Å². The predicted octanol–water partition coefficient (Wildman–Crippen LogP) is 2.42. The van der Waals surface area contributed by atoms with Crippen molar-refractivity contribution in [3.63, 3.8) is 0 Å². The number of benzene rings is 1. The molecule has 0 aliphatic heterocycles. The molecule has 1 amide bonds. The molecule has 1 saturated carbocycles. The van der Waals surface area contributed by atoms with Crippen molar-refractivity contribution in [1.29, 1.82) is 0 Å². The maximum atomic E-state index is 11.6. The molecule has 0 aromatic heterocycles. The summed E-state index contributed by atoms with van der Waals surface area (Å²) in [5.41, 5.74) is 5.54. The van der Waals surface area contributed by atoms with Gasteiger partial charge in [0.1, 0.15) is 0 Å². The Hall–Kier alpha value is -0.770. The Kier molecular flexibility index (Phi) is 2.63. The topological polar surface area (TPSA) is 55.1 Å². The lowest BCUT2D eigenvalue weighted by Gasteiger charge is -2.11. The highest BCUT2D eigenvalue weighted by molar-refractivity contribution is 6.35. The van der Waals surface area contributed by atoms with Gasteiger partial charge in [0.05, 0.1) is 16.2 Å². The van der Waals surface area contributed by atoms with Crippen molar-refractivity contribution in [2.24, 2.45) is 5.73 Å². The quantitative estimate of drug-likeness (QED) is 0.840. The number of carbonyl (C=O) groups excluding carboxylic acids is 1. The molecule has 80 valence electrons. The molecule has 1 aliphatic rings. The summed E-state index contributed by atoms with van der Waals surface area (Å²) in [7, 11) is 0. The van der Waals surface area contributed by atoms with Crippen molar-refractivity contribution >= 4 is 34.8 Å². The Morgan fingerprint density at radius 1 is 1.40 bits per heavy atom. The minimum absolute atomic E-state index is 0.202. The lowest BCUT2D eigenvalue weighted by Crippen LogP contribution is -2.37. The predicted molar refractivity (Wildman–Crippen MR) is 61.2 cm³/mol. The Labute approximate surface area is 97.5 Å². The van der Waals surface area contributed by atoms with Crippen molar-refractivity contribution in [2.75, 3.05) is 5.32 Å². The smallest absolute Gasteiger partial charge is 0.244 e. The van der Waals surface area contributed by atoms with E-state index in [2.05, 4.69) is 5.32 Å². The third-order valence-electron chi connectivity index (χ3n) is 2.42. The Balaban J connectivity index is 2.16. The highest BCUT2D eigenvalue weighted by Gasteiger charge is 2.46. The Bertz CT molecular complexity index is 416. The Morgan fingerprint density at radius 3 is 2.67 bits per heavy atom.